The van der Waals surface area contributed by atoms with E-state index in [9.17, 15) is 4.79 Å². The Morgan fingerprint density at radius 3 is 3.21 bits per heavy atom. The maximum absolute atomic E-state index is 11.1. The number of rotatable bonds is 6. The van der Waals surface area contributed by atoms with E-state index in [0.717, 1.165) is 29.5 Å². The first-order valence-electron chi connectivity index (χ1n) is 6.61. The summed E-state index contributed by atoms with van der Waals surface area (Å²) in [5, 5.41) is 4.48. The molecule has 1 aromatic rings. The van der Waals surface area contributed by atoms with Gasteiger partial charge in [0.2, 0.25) is 0 Å². The second-order valence-corrected chi connectivity index (χ2v) is 5.60. The minimum absolute atomic E-state index is 0.180. The highest BCUT2D eigenvalue weighted by Crippen LogP contribution is 2.29. The van der Waals surface area contributed by atoms with Crippen molar-refractivity contribution in [2.75, 3.05) is 20.3 Å². The van der Waals surface area contributed by atoms with E-state index in [1.165, 1.54) is 7.11 Å². The molecule has 2 rings (SSSR count). The van der Waals surface area contributed by atoms with Crippen LogP contribution in [0.15, 0.2) is 6.20 Å². The average molecular weight is 284 g/mol. The number of nitrogens with one attached hydrogen (secondary N) is 1. The van der Waals surface area contributed by atoms with Gasteiger partial charge < -0.3 is 14.8 Å². The molecule has 0 aliphatic carbocycles. The highest BCUT2D eigenvalue weighted by atomic mass is 32.1. The molecular formula is C13H20N2O3S. The summed E-state index contributed by atoms with van der Waals surface area (Å²) in [7, 11) is 1.41. The number of aromatic nitrogens is 1. The number of nitrogens with zero attached hydrogens (tertiary/aromatic N) is 1. The Morgan fingerprint density at radius 2 is 2.47 bits per heavy atom. The topological polar surface area (TPSA) is 60.5 Å². The van der Waals surface area contributed by atoms with E-state index in [2.05, 4.69) is 15.0 Å². The van der Waals surface area contributed by atoms with Crippen LogP contribution in [0.3, 0.4) is 0 Å². The molecule has 0 radical (unpaired) electrons. The lowest BCUT2D eigenvalue weighted by Gasteiger charge is -2.16. The molecule has 0 aromatic carbocycles. The zero-order valence-electron chi connectivity index (χ0n) is 11.3. The van der Waals surface area contributed by atoms with E-state index in [0.29, 0.717) is 12.8 Å². The van der Waals surface area contributed by atoms with Crippen LogP contribution in [-0.4, -0.2) is 37.3 Å². The van der Waals surface area contributed by atoms with Crippen LogP contribution in [0, 0.1) is 0 Å². The molecule has 5 nitrogen and oxygen atoms in total. The van der Waals surface area contributed by atoms with Crippen LogP contribution < -0.4 is 5.32 Å². The van der Waals surface area contributed by atoms with Crippen molar-refractivity contribution in [1.82, 2.24) is 10.3 Å². The van der Waals surface area contributed by atoms with Crippen LogP contribution in [0.2, 0.25) is 0 Å². The molecule has 1 fully saturated rings. The molecule has 0 amide bonds. The van der Waals surface area contributed by atoms with Gasteiger partial charge >= 0.3 is 5.97 Å². The monoisotopic (exact) mass is 284 g/mol. The zero-order valence-corrected chi connectivity index (χ0v) is 12.2. The lowest BCUT2D eigenvalue weighted by Crippen LogP contribution is -2.23. The Hall–Kier alpha value is -0.980. The Morgan fingerprint density at radius 1 is 1.63 bits per heavy atom. The SMILES string of the molecule is CCO[C@H]1CCN[C@@H]1c1ncc(CCC(=O)OC)s1. The Balaban J connectivity index is 1.94. The molecule has 2 heterocycles. The normalized spacial score (nSPS) is 22.6. The molecule has 106 valence electrons. The van der Waals surface area contributed by atoms with E-state index in [1.807, 2.05) is 13.1 Å². The first-order valence-corrected chi connectivity index (χ1v) is 7.42. The van der Waals surface area contributed by atoms with Crippen LogP contribution in [0.25, 0.3) is 0 Å². The van der Waals surface area contributed by atoms with Gasteiger partial charge in [-0.3, -0.25) is 4.79 Å². The van der Waals surface area contributed by atoms with Crippen molar-refractivity contribution in [2.24, 2.45) is 0 Å². The zero-order chi connectivity index (χ0) is 13.7. The molecule has 0 unspecified atom stereocenters. The summed E-state index contributed by atoms with van der Waals surface area (Å²) in [4.78, 5) is 16.7. The molecular weight excluding hydrogens is 264 g/mol. The molecule has 1 aliphatic rings. The van der Waals surface area contributed by atoms with Crippen molar-refractivity contribution >= 4 is 17.3 Å². The summed E-state index contributed by atoms with van der Waals surface area (Å²) in [5.74, 6) is -0.180. The highest BCUT2D eigenvalue weighted by Gasteiger charge is 2.30. The quantitative estimate of drug-likeness (QED) is 0.806. The molecule has 1 saturated heterocycles. The van der Waals surface area contributed by atoms with Crippen molar-refractivity contribution in [3.8, 4) is 0 Å². The molecule has 1 N–H and O–H groups in total. The average Bonchev–Trinajstić information content (AvgIpc) is 3.04. The molecule has 6 heteroatoms. The maximum Gasteiger partial charge on any atom is 0.305 e. The highest BCUT2D eigenvalue weighted by molar-refractivity contribution is 7.11. The summed E-state index contributed by atoms with van der Waals surface area (Å²) in [6.07, 6.45) is 4.19. The predicted molar refractivity (Wildman–Crippen MR) is 73.2 cm³/mol. The first-order chi connectivity index (χ1) is 9.24. The van der Waals surface area contributed by atoms with E-state index in [4.69, 9.17) is 4.74 Å². The second-order valence-electron chi connectivity index (χ2n) is 4.46. The second kappa shape index (κ2) is 6.98. The van der Waals surface area contributed by atoms with Crippen molar-refractivity contribution < 1.29 is 14.3 Å². The van der Waals surface area contributed by atoms with E-state index in [1.54, 1.807) is 11.3 Å². The van der Waals surface area contributed by atoms with Crippen molar-refractivity contribution in [2.45, 2.75) is 38.3 Å². The Bertz CT molecular complexity index is 422. The lowest BCUT2D eigenvalue weighted by molar-refractivity contribution is -0.140. The Kier molecular flexibility index (Phi) is 5.30. The third-order valence-corrected chi connectivity index (χ3v) is 4.33. The minimum Gasteiger partial charge on any atom is -0.469 e. The van der Waals surface area contributed by atoms with Crippen molar-refractivity contribution in [1.29, 1.82) is 0 Å². The number of aryl methyl sites for hydroxylation is 1. The van der Waals surface area contributed by atoms with Gasteiger partial charge in [-0.25, -0.2) is 4.98 Å². The molecule has 0 saturated carbocycles. The van der Waals surface area contributed by atoms with Gasteiger partial charge in [-0.1, -0.05) is 0 Å². The van der Waals surface area contributed by atoms with Crippen LogP contribution in [0.1, 0.15) is 35.7 Å². The molecule has 0 bridgehead atoms. The van der Waals surface area contributed by atoms with Gasteiger partial charge in [-0.15, -0.1) is 11.3 Å². The summed E-state index contributed by atoms with van der Waals surface area (Å²) in [6.45, 7) is 3.70. The minimum atomic E-state index is -0.180. The van der Waals surface area contributed by atoms with E-state index >= 15 is 0 Å². The fourth-order valence-corrected chi connectivity index (χ4v) is 3.27. The van der Waals surface area contributed by atoms with Crippen molar-refractivity contribution in [3.05, 3.63) is 16.1 Å². The standard InChI is InChI=1S/C13H20N2O3S/c1-3-18-10-6-7-14-12(10)13-15-8-9(19-13)4-5-11(16)17-2/h8,10,12,14H,3-7H2,1-2H3/t10-,12-/m0/s1. The molecule has 0 spiro atoms. The summed E-state index contributed by atoms with van der Waals surface area (Å²) >= 11 is 1.65. The van der Waals surface area contributed by atoms with Crippen LogP contribution in [0.4, 0.5) is 0 Å². The number of thiazole rings is 1. The number of hydrogen-bond acceptors (Lipinski definition) is 6. The van der Waals surface area contributed by atoms with Gasteiger partial charge in [-0.2, -0.15) is 0 Å². The van der Waals surface area contributed by atoms with Gasteiger partial charge in [0.25, 0.3) is 0 Å². The molecule has 19 heavy (non-hydrogen) atoms. The van der Waals surface area contributed by atoms with Gasteiger partial charge in [0.1, 0.15) is 5.01 Å². The predicted octanol–water partition coefficient (Wildman–Crippen LogP) is 1.69. The number of ether oxygens (including phenoxy) is 2. The number of methoxy groups -OCH3 is 1. The van der Waals surface area contributed by atoms with Crippen LogP contribution in [-0.2, 0) is 20.7 Å². The first kappa shape index (κ1) is 14.4. The third-order valence-electron chi connectivity index (χ3n) is 3.19. The van der Waals surface area contributed by atoms with Crippen LogP contribution in [0.5, 0.6) is 0 Å². The maximum atomic E-state index is 11.1. The fraction of sp³-hybridized carbons (Fsp3) is 0.692. The van der Waals surface area contributed by atoms with Crippen LogP contribution >= 0.6 is 11.3 Å². The molecule has 1 aromatic heterocycles. The summed E-state index contributed by atoms with van der Waals surface area (Å²) in [5.41, 5.74) is 0. The summed E-state index contributed by atoms with van der Waals surface area (Å²) < 4.78 is 10.4. The fourth-order valence-electron chi connectivity index (χ4n) is 2.23. The van der Waals surface area contributed by atoms with E-state index < -0.39 is 0 Å². The van der Waals surface area contributed by atoms with Gasteiger partial charge in [-0.05, 0) is 26.3 Å². The number of hydrogen-bond donors (Lipinski definition) is 1. The number of esters is 1. The largest absolute Gasteiger partial charge is 0.469 e. The smallest absolute Gasteiger partial charge is 0.305 e. The van der Waals surface area contributed by atoms with Gasteiger partial charge in [0, 0.05) is 17.7 Å². The number of carbonyl (C=O) groups excluding carboxylic acids is 1. The van der Waals surface area contributed by atoms with Gasteiger partial charge in [0.05, 0.1) is 25.7 Å². The molecule has 2 atom stereocenters. The van der Waals surface area contributed by atoms with E-state index in [-0.39, 0.29) is 18.1 Å². The van der Waals surface area contributed by atoms with Crippen molar-refractivity contribution in [3.63, 3.8) is 0 Å². The third kappa shape index (κ3) is 3.75. The lowest BCUT2D eigenvalue weighted by atomic mass is 10.2. The Labute approximate surface area is 117 Å². The summed E-state index contributed by atoms with van der Waals surface area (Å²) in [6, 6.07) is 0.192. The number of carbonyl (C=O) groups is 1. The molecule has 1 aliphatic heterocycles. The van der Waals surface area contributed by atoms with Gasteiger partial charge in [0.15, 0.2) is 0 Å².